The number of carbonyl (C=O) groups excluding carboxylic acids is 2. The number of benzene rings is 3. The van der Waals surface area contributed by atoms with Crippen LogP contribution < -0.4 is 9.62 Å². The Labute approximate surface area is 203 Å². The van der Waals surface area contributed by atoms with Gasteiger partial charge < -0.3 is 10.1 Å². The molecule has 0 aliphatic carbocycles. The Hall–Kier alpha value is -3.72. The molecule has 2 atom stereocenters. The van der Waals surface area contributed by atoms with Crippen molar-refractivity contribution in [2.45, 2.75) is 37.2 Å². The van der Waals surface area contributed by atoms with Crippen LogP contribution in [0.15, 0.2) is 77.7 Å². The molecule has 35 heavy (non-hydrogen) atoms. The van der Waals surface area contributed by atoms with Crippen LogP contribution in [0.1, 0.15) is 41.4 Å². The molecule has 1 N–H and O–H groups in total. The molecular formula is C26H25FN2O5S. The molecule has 0 saturated carbocycles. The number of fused-ring (bicyclic) bond motifs is 1. The summed E-state index contributed by atoms with van der Waals surface area (Å²) in [4.78, 5) is 24.7. The number of nitrogens with zero attached hydrogens (tertiary/aromatic N) is 1. The molecule has 0 radical (unpaired) electrons. The number of esters is 1. The van der Waals surface area contributed by atoms with Crippen LogP contribution in [0.5, 0.6) is 0 Å². The number of anilines is 1. The predicted molar refractivity (Wildman–Crippen MR) is 129 cm³/mol. The van der Waals surface area contributed by atoms with Gasteiger partial charge in [0.2, 0.25) is 0 Å². The number of para-hydroxylation sites is 1. The summed E-state index contributed by atoms with van der Waals surface area (Å²) >= 11 is 0. The fourth-order valence-corrected chi connectivity index (χ4v) is 5.87. The van der Waals surface area contributed by atoms with Crippen LogP contribution in [0.3, 0.4) is 0 Å². The molecule has 182 valence electrons. The Kier molecular flexibility index (Phi) is 6.88. The molecular weight excluding hydrogens is 471 g/mol. The zero-order valence-electron chi connectivity index (χ0n) is 19.3. The number of hydrogen-bond donors (Lipinski definition) is 1. The van der Waals surface area contributed by atoms with Gasteiger partial charge in [0.25, 0.3) is 15.9 Å². The molecule has 1 heterocycles. The van der Waals surface area contributed by atoms with Gasteiger partial charge in [0.15, 0.2) is 6.61 Å². The largest absolute Gasteiger partial charge is 0.452 e. The Balaban J connectivity index is 1.43. The van der Waals surface area contributed by atoms with E-state index in [9.17, 15) is 22.4 Å². The first-order valence-corrected chi connectivity index (χ1v) is 12.5. The molecule has 2 unspecified atom stereocenters. The number of sulfonamides is 1. The van der Waals surface area contributed by atoms with Crippen molar-refractivity contribution in [2.75, 3.05) is 10.9 Å². The lowest BCUT2D eigenvalue weighted by molar-refractivity contribution is -0.124. The number of amides is 1. The van der Waals surface area contributed by atoms with Gasteiger partial charge in [-0.25, -0.2) is 17.6 Å². The van der Waals surface area contributed by atoms with E-state index in [-0.39, 0.29) is 22.3 Å². The van der Waals surface area contributed by atoms with Crippen LogP contribution in [0.2, 0.25) is 0 Å². The molecule has 7 nitrogen and oxygen atoms in total. The standard InChI is InChI=1S/C26H25FN2O5S/c1-17-14-20-6-3-4-9-24(20)29(17)35(32,33)23-8-5-7-21(15-23)26(31)34-16-25(30)28-18(2)19-10-12-22(27)13-11-19/h3-13,15,17-18H,14,16H2,1-2H3,(H,28,30). The van der Waals surface area contributed by atoms with Gasteiger partial charge in [-0.3, -0.25) is 9.10 Å². The van der Waals surface area contributed by atoms with Crippen LogP contribution in [-0.4, -0.2) is 32.9 Å². The maximum Gasteiger partial charge on any atom is 0.338 e. The Bertz CT molecular complexity index is 1360. The highest BCUT2D eigenvalue weighted by Gasteiger charge is 2.36. The minimum atomic E-state index is -3.92. The average molecular weight is 497 g/mol. The molecule has 1 amide bonds. The van der Waals surface area contributed by atoms with Crippen LogP contribution in [-0.2, 0) is 26.0 Å². The molecule has 0 bridgehead atoms. The van der Waals surface area contributed by atoms with Gasteiger partial charge in [0.05, 0.1) is 22.2 Å². The second-order valence-electron chi connectivity index (χ2n) is 8.43. The van der Waals surface area contributed by atoms with E-state index in [0.29, 0.717) is 17.7 Å². The Morgan fingerprint density at radius 2 is 1.80 bits per heavy atom. The third-order valence-electron chi connectivity index (χ3n) is 5.85. The first-order valence-electron chi connectivity index (χ1n) is 11.1. The summed E-state index contributed by atoms with van der Waals surface area (Å²) in [6.45, 7) is 3.01. The van der Waals surface area contributed by atoms with Crippen LogP contribution in [0, 0.1) is 5.82 Å². The first kappa shape index (κ1) is 24.4. The second-order valence-corrected chi connectivity index (χ2v) is 10.2. The van der Waals surface area contributed by atoms with E-state index in [0.717, 1.165) is 5.56 Å². The summed E-state index contributed by atoms with van der Waals surface area (Å²) in [6, 6.07) is 17.9. The van der Waals surface area contributed by atoms with Gasteiger partial charge in [0.1, 0.15) is 5.82 Å². The van der Waals surface area contributed by atoms with Crippen LogP contribution in [0.25, 0.3) is 0 Å². The molecule has 1 aliphatic heterocycles. The number of rotatable bonds is 7. The van der Waals surface area contributed by atoms with E-state index in [1.165, 1.54) is 40.7 Å². The lowest BCUT2D eigenvalue weighted by Gasteiger charge is -2.24. The van der Waals surface area contributed by atoms with Crippen molar-refractivity contribution >= 4 is 27.6 Å². The number of carbonyl (C=O) groups is 2. The third-order valence-corrected chi connectivity index (χ3v) is 7.78. The van der Waals surface area contributed by atoms with E-state index in [1.807, 2.05) is 19.1 Å². The molecule has 1 aliphatic rings. The quantitative estimate of drug-likeness (QED) is 0.499. The predicted octanol–water partition coefficient (Wildman–Crippen LogP) is 4.00. The molecule has 0 aromatic heterocycles. The molecule has 0 spiro atoms. The zero-order chi connectivity index (χ0) is 25.2. The van der Waals surface area contributed by atoms with Gasteiger partial charge in [-0.05, 0) is 67.8 Å². The fourth-order valence-electron chi connectivity index (χ4n) is 4.13. The van der Waals surface area contributed by atoms with Gasteiger partial charge in [-0.15, -0.1) is 0 Å². The number of nitrogens with one attached hydrogen (secondary N) is 1. The maximum atomic E-state index is 13.4. The lowest BCUT2D eigenvalue weighted by atomic mass is 10.1. The van der Waals surface area contributed by atoms with Gasteiger partial charge in [-0.2, -0.15) is 0 Å². The topological polar surface area (TPSA) is 92.8 Å². The van der Waals surface area contributed by atoms with E-state index in [4.69, 9.17) is 4.74 Å². The highest BCUT2D eigenvalue weighted by Crippen LogP contribution is 2.36. The number of hydrogen-bond acceptors (Lipinski definition) is 5. The van der Waals surface area contributed by atoms with Crippen molar-refractivity contribution in [1.29, 1.82) is 0 Å². The number of halogens is 1. The molecule has 3 aromatic rings. The maximum absolute atomic E-state index is 13.4. The second kappa shape index (κ2) is 9.87. The SMILES string of the molecule is CC(NC(=O)COC(=O)c1cccc(S(=O)(=O)N2c3ccccc3CC2C)c1)c1ccc(F)cc1. The van der Waals surface area contributed by atoms with E-state index >= 15 is 0 Å². The van der Waals surface area contributed by atoms with Gasteiger partial charge in [0, 0.05) is 6.04 Å². The van der Waals surface area contributed by atoms with E-state index in [1.54, 1.807) is 31.2 Å². The zero-order valence-corrected chi connectivity index (χ0v) is 20.1. The Morgan fingerprint density at radius 1 is 1.09 bits per heavy atom. The third kappa shape index (κ3) is 5.19. The summed E-state index contributed by atoms with van der Waals surface area (Å²) in [5.41, 5.74) is 2.28. The van der Waals surface area contributed by atoms with Crippen molar-refractivity contribution in [3.8, 4) is 0 Å². The molecule has 3 aromatic carbocycles. The number of ether oxygens (including phenoxy) is 1. The van der Waals surface area contributed by atoms with Crippen molar-refractivity contribution < 1.29 is 27.1 Å². The van der Waals surface area contributed by atoms with Gasteiger partial charge in [-0.1, -0.05) is 36.4 Å². The molecule has 9 heteroatoms. The van der Waals surface area contributed by atoms with Crippen molar-refractivity contribution in [3.05, 3.63) is 95.3 Å². The summed E-state index contributed by atoms with van der Waals surface area (Å²) in [5.74, 6) is -1.74. The fraction of sp³-hybridized carbons (Fsp3) is 0.231. The van der Waals surface area contributed by atoms with Crippen molar-refractivity contribution in [1.82, 2.24) is 5.32 Å². The first-order chi connectivity index (χ1) is 16.7. The summed E-state index contributed by atoms with van der Waals surface area (Å²) in [5, 5.41) is 2.67. The van der Waals surface area contributed by atoms with Crippen molar-refractivity contribution in [2.24, 2.45) is 0 Å². The van der Waals surface area contributed by atoms with Crippen LogP contribution >= 0.6 is 0 Å². The van der Waals surface area contributed by atoms with Crippen molar-refractivity contribution in [3.63, 3.8) is 0 Å². The van der Waals surface area contributed by atoms with Gasteiger partial charge >= 0.3 is 5.97 Å². The Morgan fingerprint density at radius 3 is 2.54 bits per heavy atom. The molecule has 4 rings (SSSR count). The molecule has 0 saturated heterocycles. The van der Waals surface area contributed by atoms with Crippen LogP contribution in [0.4, 0.5) is 10.1 Å². The highest BCUT2D eigenvalue weighted by atomic mass is 32.2. The average Bonchev–Trinajstić information content (AvgIpc) is 3.19. The van der Waals surface area contributed by atoms with E-state index in [2.05, 4.69) is 5.32 Å². The smallest absolute Gasteiger partial charge is 0.338 e. The summed E-state index contributed by atoms with van der Waals surface area (Å²) in [6.07, 6.45) is 0.600. The minimum absolute atomic E-state index is 0.0191. The monoisotopic (exact) mass is 496 g/mol. The normalized spacial score (nSPS) is 15.9. The highest BCUT2D eigenvalue weighted by molar-refractivity contribution is 7.92. The minimum Gasteiger partial charge on any atom is -0.452 e. The van der Waals surface area contributed by atoms with E-state index < -0.39 is 34.5 Å². The lowest BCUT2D eigenvalue weighted by Crippen LogP contribution is -2.35. The molecule has 0 fully saturated rings. The summed E-state index contributed by atoms with van der Waals surface area (Å²) in [7, 11) is -3.92. The summed E-state index contributed by atoms with van der Waals surface area (Å²) < 4.78 is 46.4.